The number of carbonyl (C=O) groups is 1. The third-order valence-corrected chi connectivity index (χ3v) is 5.59. The van der Waals surface area contributed by atoms with Crippen LogP contribution in [0.4, 0.5) is 0 Å². The van der Waals surface area contributed by atoms with Crippen molar-refractivity contribution >= 4 is 28.3 Å². The molecule has 0 saturated carbocycles. The van der Waals surface area contributed by atoms with Crippen LogP contribution in [0.2, 0.25) is 0 Å². The number of sulfonamides is 1. The van der Waals surface area contributed by atoms with E-state index in [1.54, 1.807) is 6.07 Å². The van der Waals surface area contributed by atoms with Gasteiger partial charge in [0, 0.05) is 18.7 Å². The first kappa shape index (κ1) is 18.9. The number of piperidine rings is 1. The normalized spacial score (nSPS) is 19.4. The fourth-order valence-electron chi connectivity index (χ4n) is 2.66. The molecule has 0 bridgehead atoms. The Labute approximate surface area is 137 Å². The van der Waals surface area contributed by atoms with Crippen molar-refractivity contribution in [2.24, 2.45) is 11.7 Å². The van der Waals surface area contributed by atoms with Gasteiger partial charge in [0.1, 0.15) is 0 Å². The number of nitrogens with zero attached hydrogens (tertiary/aromatic N) is 1. The van der Waals surface area contributed by atoms with Gasteiger partial charge in [0.15, 0.2) is 0 Å². The molecular formula is C14H22ClN3O3S. The summed E-state index contributed by atoms with van der Waals surface area (Å²) in [5.41, 5.74) is 5.42. The Balaban J connectivity index is 0.00000242. The Bertz CT molecular complexity index is 620. The summed E-state index contributed by atoms with van der Waals surface area (Å²) in [6.45, 7) is 1.82. The molecule has 1 unspecified atom stereocenters. The molecule has 124 valence electrons. The average molecular weight is 348 g/mol. The number of hydrogen-bond acceptors (Lipinski definition) is 4. The van der Waals surface area contributed by atoms with Gasteiger partial charge in [-0.3, -0.25) is 4.79 Å². The number of nitrogens with one attached hydrogen (secondary N) is 1. The van der Waals surface area contributed by atoms with Gasteiger partial charge in [0.05, 0.1) is 4.90 Å². The molecule has 1 aliphatic rings. The van der Waals surface area contributed by atoms with E-state index in [2.05, 4.69) is 5.32 Å². The molecule has 0 aliphatic carbocycles. The molecule has 1 fully saturated rings. The number of carbonyl (C=O) groups excluding carboxylic acids is 1. The Morgan fingerprint density at radius 2 is 2.18 bits per heavy atom. The number of rotatable bonds is 5. The van der Waals surface area contributed by atoms with E-state index in [0.717, 1.165) is 19.4 Å². The minimum Gasteiger partial charge on any atom is -0.366 e. The number of halogens is 1. The Kier molecular flexibility index (Phi) is 6.80. The molecule has 1 amide bonds. The van der Waals surface area contributed by atoms with Crippen LogP contribution in [0.15, 0.2) is 29.2 Å². The van der Waals surface area contributed by atoms with Crippen LogP contribution in [0.25, 0.3) is 0 Å². The highest BCUT2D eigenvalue weighted by Gasteiger charge is 2.30. The van der Waals surface area contributed by atoms with Crippen molar-refractivity contribution < 1.29 is 13.2 Å². The molecule has 6 nitrogen and oxygen atoms in total. The molecule has 2 rings (SSSR count). The van der Waals surface area contributed by atoms with Gasteiger partial charge in [-0.25, -0.2) is 8.42 Å². The maximum atomic E-state index is 12.7. The summed E-state index contributed by atoms with van der Waals surface area (Å²) in [5, 5.41) is 3.09. The molecular weight excluding hydrogens is 326 g/mol. The van der Waals surface area contributed by atoms with Crippen molar-refractivity contribution in [3.63, 3.8) is 0 Å². The van der Waals surface area contributed by atoms with Crippen LogP contribution >= 0.6 is 12.4 Å². The summed E-state index contributed by atoms with van der Waals surface area (Å²) in [4.78, 5) is 11.3. The molecule has 1 atom stereocenters. The standard InChI is InChI=1S/C14H21N3O3S.ClH/c1-16-9-11-4-3-7-17(10-11)21(19,20)13-6-2-5-12(8-13)14(15)18;/h2,5-6,8,11,16H,3-4,7,9-10H2,1H3,(H2,15,18);1H. The zero-order valence-corrected chi connectivity index (χ0v) is 14.1. The van der Waals surface area contributed by atoms with Crippen molar-refractivity contribution in [2.45, 2.75) is 17.7 Å². The lowest BCUT2D eigenvalue weighted by molar-refractivity contribution is 0.1000. The summed E-state index contributed by atoms with van der Waals surface area (Å²) >= 11 is 0. The molecule has 0 aromatic heterocycles. The van der Waals surface area contributed by atoms with E-state index in [0.29, 0.717) is 19.0 Å². The second-order valence-electron chi connectivity index (χ2n) is 5.32. The number of hydrogen-bond donors (Lipinski definition) is 2. The third kappa shape index (κ3) is 4.19. The summed E-state index contributed by atoms with van der Waals surface area (Å²) < 4.78 is 26.8. The van der Waals surface area contributed by atoms with Crippen LogP contribution in [-0.4, -0.2) is 45.3 Å². The smallest absolute Gasteiger partial charge is 0.248 e. The van der Waals surface area contributed by atoms with E-state index >= 15 is 0 Å². The van der Waals surface area contributed by atoms with Crippen LogP contribution in [0.1, 0.15) is 23.2 Å². The average Bonchev–Trinajstić information content (AvgIpc) is 2.48. The van der Waals surface area contributed by atoms with Gasteiger partial charge < -0.3 is 11.1 Å². The SMILES string of the molecule is CNCC1CCCN(S(=O)(=O)c2cccc(C(N)=O)c2)C1.Cl. The third-order valence-electron chi connectivity index (χ3n) is 3.73. The number of primary amides is 1. The number of amides is 1. The van der Waals surface area contributed by atoms with E-state index in [9.17, 15) is 13.2 Å². The van der Waals surface area contributed by atoms with E-state index in [1.165, 1.54) is 22.5 Å². The Hall–Kier alpha value is -1.15. The molecule has 1 aromatic rings. The van der Waals surface area contributed by atoms with Gasteiger partial charge in [0.25, 0.3) is 0 Å². The molecule has 8 heteroatoms. The largest absolute Gasteiger partial charge is 0.366 e. The molecule has 22 heavy (non-hydrogen) atoms. The van der Waals surface area contributed by atoms with Crippen LogP contribution in [0, 0.1) is 5.92 Å². The number of benzene rings is 1. The highest BCUT2D eigenvalue weighted by atomic mass is 35.5. The predicted octanol–water partition coefficient (Wildman–Crippen LogP) is 0.827. The van der Waals surface area contributed by atoms with E-state index in [4.69, 9.17) is 5.73 Å². The molecule has 0 radical (unpaired) electrons. The van der Waals surface area contributed by atoms with Gasteiger partial charge in [-0.1, -0.05) is 6.07 Å². The Morgan fingerprint density at radius 1 is 1.45 bits per heavy atom. The topological polar surface area (TPSA) is 92.5 Å². The molecule has 1 saturated heterocycles. The lowest BCUT2D eigenvalue weighted by Gasteiger charge is -2.31. The van der Waals surface area contributed by atoms with Gasteiger partial charge in [-0.15, -0.1) is 12.4 Å². The first-order chi connectivity index (χ1) is 9.95. The first-order valence-electron chi connectivity index (χ1n) is 6.99. The maximum absolute atomic E-state index is 12.7. The fraction of sp³-hybridized carbons (Fsp3) is 0.500. The molecule has 1 aromatic carbocycles. The zero-order valence-electron chi connectivity index (χ0n) is 12.5. The minimum atomic E-state index is -3.57. The quantitative estimate of drug-likeness (QED) is 0.825. The lowest BCUT2D eigenvalue weighted by Crippen LogP contribution is -2.42. The zero-order chi connectivity index (χ0) is 15.5. The summed E-state index contributed by atoms with van der Waals surface area (Å²) in [5.74, 6) is -0.309. The highest BCUT2D eigenvalue weighted by Crippen LogP contribution is 2.23. The second kappa shape index (κ2) is 7.92. The van der Waals surface area contributed by atoms with Gasteiger partial charge in [0.2, 0.25) is 15.9 Å². The molecule has 1 aliphatic heterocycles. The van der Waals surface area contributed by atoms with Crippen LogP contribution in [0.3, 0.4) is 0 Å². The van der Waals surface area contributed by atoms with Crippen LogP contribution in [-0.2, 0) is 10.0 Å². The highest BCUT2D eigenvalue weighted by molar-refractivity contribution is 7.89. The van der Waals surface area contributed by atoms with Crippen molar-refractivity contribution in [1.82, 2.24) is 9.62 Å². The van der Waals surface area contributed by atoms with Gasteiger partial charge in [-0.2, -0.15) is 4.31 Å². The fourth-order valence-corrected chi connectivity index (χ4v) is 4.26. The lowest BCUT2D eigenvalue weighted by atomic mass is 10.00. The van der Waals surface area contributed by atoms with E-state index < -0.39 is 15.9 Å². The molecule has 0 spiro atoms. The van der Waals surface area contributed by atoms with Gasteiger partial charge in [-0.05, 0) is 50.6 Å². The van der Waals surface area contributed by atoms with Crippen LogP contribution in [0.5, 0.6) is 0 Å². The van der Waals surface area contributed by atoms with Crippen LogP contribution < -0.4 is 11.1 Å². The van der Waals surface area contributed by atoms with Crippen molar-refractivity contribution in [1.29, 1.82) is 0 Å². The predicted molar refractivity (Wildman–Crippen MR) is 87.6 cm³/mol. The minimum absolute atomic E-state index is 0. The summed E-state index contributed by atoms with van der Waals surface area (Å²) in [6, 6.07) is 5.91. The summed E-state index contributed by atoms with van der Waals surface area (Å²) in [6.07, 6.45) is 1.87. The van der Waals surface area contributed by atoms with Crippen molar-refractivity contribution in [3.8, 4) is 0 Å². The number of nitrogens with two attached hydrogens (primary N) is 1. The molecule has 3 N–H and O–H groups in total. The first-order valence-corrected chi connectivity index (χ1v) is 8.44. The Morgan fingerprint density at radius 3 is 2.82 bits per heavy atom. The molecule has 1 heterocycles. The van der Waals surface area contributed by atoms with Gasteiger partial charge >= 0.3 is 0 Å². The van der Waals surface area contributed by atoms with Crippen molar-refractivity contribution in [3.05, 3.63) is 29.8 Å². The maximum Gasteiger partial charge on any atom is 0.248 e. The van der Waals surface area contributed by atoms with E-state index in [1.807, 2.05) is 7.05 Å². The summed E-state index contributed by atoms with van der Waals surface area (Å²) in [7, 11) is -1.71. The van der Waals surface area contributed by atoms with E-state index in [-0.39, 0.29) is 22.9 Å². The van der Waals surface area contributed by atoms with Crippen molar-refractivity contribution in [2.75, 3.05) is 26.7 Å². The monoisotopic (exact) mass is 347 g/mol. The second-order valence-corrected chi connectivity index (χ2v) is 7.26.